The Kier molecular flexibility index (Phi) is 6.22. The Balaban J connectivity index is 1.80. The highest BCUT2D eigenvalue weighted by Crippen LogP contribution is 2.24. The molecule has 0 bridgehead atoms. The van der Waals surface area contributed by atoms with Gasteiger partial charge in [0.25, 0.3) is 0 Å². The van der Waals surface area contributed by atoms with E-state index >= 15 is 0 Å². The Morgan fingerprint density at radius 1 is 1.10 bits per heavy atom. The van der Waals surface area contributed by atoms with E-state index in [1.54, 1.807) is 19.3 Å². The molecule has 3 rings (SSSR count). The van der Waals surface area contributed by atoms with Gasteiger partial charge < -0.3 is 10.3 Å². The van der Waals surface area contributed by atoms with Crippen molar-refractivity contribution in [2.45, 2.75) is 46.6 Å². The van der Waals surface area contributed by atoms with Crippen LogP contribution in [0.3, 0.4) is 0 Å². The molecule has 0 spiro atoms. The fourth-order valence-corrected chi connectivity index (χ4v) is 3.45. The van der Waals surface area contributed by atoms with Gasteiger partial charge in [-0.05, 0) is 68.0 Å². The van der Waals surface area contributed by atoms with Crippen LogP contribution >= 0.6 is 0 Å². The molecule has 0 unspecified atom stereocenters. The lowest BCUT2D eigenvalue weighted by Crippen LogP contribution is -2.30. The van der Waals surface area contributed by atoms with Crippen LogP contribution in [-0.2, 0) is 11.2 Å². The summed E-state index contributed by atoms with van der Waals surface area (Å²) in [6.07, 6.45) is 4.31. The predicted molar refractivity (Wildman–Crippen MR) is 113 cm³/mol. The minimum atomic E-state index is -0.361. The van der Waals surface area contributed by atoms with Crippen molar-refractivity contribution >= 4 is 5.91 Å². The molecule has 29 heavy (non-hydrogen) atoms. The van der Waals surface area contributed by atoms with Crippen LogP contribution in [0.1, 0.15) is 51.7 Å². The van der Waals surface area contributed by atoms with Crippen molar-refractivity contribution in [2.24, 2.45) is 0 Å². The van der Waals surface area contributed by atoms with Crippen LogP contribution in [0.15, 0.2) is 47.5 Å². The molecule has 0 aliphatic carbocycles. The molecule has 3 aromatic rings. The molecule has 0 aliphatic heterocycles. The maximum absolute atomic E-state index is 12.8. The number of nitrogens with one attached hydrogen (secondary N) is 2. The summed E-state index contributed by atoms with van der Waals surface area (Å²) in [5.41, 5.74) is 6.31. The van der Waals surface area contributed by atoms with Gasteiger partial charge in [0.2, 0.25) is 5.91 Å². The van der Waals surface area contributed by atoms with Gasteiger partial charge in [0.05, 0.1) is 6.04 Å². The lowest BCUT2D eigenvalue weighted by molar-refractivity contribution is -0.121. The SMILES string of the molecule is Cc1ccc([C@H](NC(=O)CCc2c(C)nc(=O)[nH]c2C)c2cccnc2)cc1C. The van der Waals surface area contributed by atoms with Crippen molar-refractivity contribution in [1.82, 2.24) is 20.3 Å². The van der Waals surface area contributed by atoms with Crippen LogP contribution in [0.2, 0.25) is 0 Å². The summed E-state index contributed by atoms with van der Waals surface area (Å²) in [5, 5.41) is 3.15. The Morgan fingerprint density at radius 2 is 1.90 bits per heavy atom. The van der Waals surface area contributed by atoms with Gasteiger partial charge in [-0.25, -0.2) is 4.79 Å². The second kappa shape index (κ2) is 8.82. The molecule has 2 aromatic heterocycles. The van der Waals surface area contributed by atoms with Crippen molar-refractivity contribution in [3.63, 3.8) is 0 Å². The Hall–Kier alpha value is -3.28. The van der Waals surface area contributed by atoms with Gasteiger partial charge in [0.1, 0.15) is 0 Å². The van der Waals surface area contributed by atoms with Crippen LogP contribution < -0.4 is 11.0 Å². The van der Waals surface area contributed by atoms with Crippen LogP contribution in [0.25, 0.3) is 0 Å². The van der Waals surface area contributed by atoms with Crippen molar-refractivity contribution in [3.8, 4) is 0 Å². The molecule has 0 aliphatic rings. The van der Waals surface area contributed by atoms with Crippen molar-refractivity contribution in [2.75, 3.05) is 0 Å². The highest BCUT2D eigenvalue weighted by atomic mass is 16.1. The molecule has 150 valence electrons. The summed E-state index contributed by atoms with van der Waals surface area (Å²) in [4.78, 5) is 35.1. The molecule has 6 heteroatoms. The third kappa shape index (κ3) is 4.96. The Labute approximate surface area is 170 Å². The van der Waals surface area contributed by atoms with E-state index in [9.17, 15) is 9.59 Å². The zero-order valence-corrected chi connectivity index (χ0v) is 17.2. The number of amides is 1. The number of aromatic nitrogens is 3. The number of pyridine rings is 1. The molecule has 1 atom stereocenters. The number of carbonyl (C=O) groups excluding carboxylic acids is 1. The third-order valence-electron chi connectivity index (χ3n) is 5.24. The molecule has 1 amide bonds. The Morgan fingerprint density at radius 3 is 2.55 bits per heavy atom. The van der Waals surface area contributed by atoms with E-state index in [1.807, 2.05) is 25.1 Å². The van der Waals surface area contributed by atoms with Crippen LogP contribution in [0, 0.1) is 27.7 Å². The molecular formula is C23H26N4O2. The second-order valence-electron chi connectivity index (χ2n) is 7.36. The van der Waals surface area contributed by atoms with Crippen molar-refractivity contribution in [1.29, 1.82) is 0 Å². The number of hydrogen-bond donors (Lipinski definition) is 2. The standard InChI is InChI=1S/C23H26N4O2/c1-14-7-8-18(12-15(14)2)22(19-6-5-11-24-13-19)27-21(28)10-9-20-16(3)25-23(29)26-17(20)4/h5-8,11-13,22H,9-10H2,1-4H3,(H,27,28)(H,25,26,29)/t22-/m0/s1. The maximum Gasteiger partial charge on any atom is 0.345 e. The second-order valence-corrected chi connectivity index (χ2v) is 7.36. The molecular weight excluding hydrogens is 364 g/mol. The number of carbonyl (C=O) groups is 1. The van der Waals surface area contributed by atoms with E-state index in [2.05, 4.69) is 46.2 Å². The van der Waals surface area contributed by atoms with Crippen molar-refractivity contribution in [3.05, 3.63) is 92.4 Å². The van der Waals surface area contributed by atoms with Crippen LogP contribution in [-0.4, -0.2) is 20.9 Å². The largest absolute Gasteiger partial charge is 0.345 e. The summed E-state index contributed by atoms with van der Waals surface area (Å²) in [5.74, 6) is -0.0675. The number of rotatable bonds is 6. The maximum atomic E-state index is 12.8. The van der Waals surface area contributed by atoms with E-state index in [0.717, 1.165) is 22.4 Å². The van der Waals surface area contributed by atoms with Gasteiger partial charge in [-0.3, -0.25) is 9.78 Å². The number of nitrogens with zero attached hydrogens (tertiary/aromatic N) is 2. The van der Waals surface area contributed by atoms with E-state index in [1.165, 1.54) is 11.1 Å². The minimum Gasteiger partial charge on any atom is -0.345 e. The highest BCUT2D eigenvalue weighted by Gasteiger charge is 2.18. The number of H-pyrrole nitrogens is 1. The summed E-state index contributed by atoms with van der Waals surface area (Å²) >= 11 is 0. The van der Waals surface area contributed by atoms with Gasteiger partial charge in [0, 0.05) is 30.2 Å². The van der Waals surface area contributed by atoms with Gasteiger partial charge in [0.15, 0.2) is 0 Å². The number of hydrogen-bond acceptors (Lipinski definition) is 4. The predicted octanol–water partition coefficient (Wildman–Crippen LogP) is 3.24. The average molecular weight is 390 g/mol. The topological polar surface area (TPSA) is 87.7 Å². The van der Waals surface area contributed by atoms with Gasteiger partial charge in [-0.15, -0.1) is 0 Å². The van der Waals surface area contributed by atoms with Crippen LogP contribution in [0.4, 0.5) is 0 Å². The quantitative estimate of drug-likeness (QED) is 0.676. The van der Waals surface area contributed by atoms with Gasteiger partial charge >= 0.3 is 5.69 Å². The van der Waals surface area contributed by atoms with E-state index in [0.29, 0.717) is 18.5 Å². The number of aryl methyl sites for hydroxylation is 4. The fourth-order valence-electron chi connectivity index (χ4n) is 3.45. The molecule has 2 heterocycles. The highest BCUT2D eigenvalue weighted by molar-refractivity contribution is 5.77. The lowest BCUT2D eigenvalue weighted by atomic mass is 9.96. The van der Waals surface area contributed by atoms with E-state index in [-0.39, 0.29) is 17.6 Å². The summed E-state index contributed by atoms with van der Waals surface area (Å²) in [7, 11) is 0. The van der Waals surface area contributed by atoms with E-state index < -0.39 is 0 Å². The third-order valence-corrected chi connectivity index (χ3v) is 5.24. The van der Waals surface area contributed by atoms with Gasteiger partial charge in [-0.1, -0.05) is 24.3 Å². The molecule has 0 saturated heterocycles. The zero-order chi connectivity index (χ0) is 21.0. The first-order chi connectivity index (χ1) is 13.8. The minimum absolute atomic E-state index is 0.0675. The first-order valence-corrected chi connectivity index (χ1v) is 9.68. The fraction of sp³-hybridized carbons (Fsp3) is 0.304. The number of benzene rings is 1. The van der Waals surface area contributed by atoms with E-state index in [4.69, 9.17) is 0 Å². The van der Waals surface area contributed by atoms with Gasteiger partial charge in [-0.2, -0.15) is 4.98 Å². The summed E-state index contributed by atoms with van der Waals surface area (Å²) in [6, 6.07) is 9.78. The van der Waals surface area contributed by atoms with Crippen molar-refractivity contribution < 1.29 is 4.79 Å². The first-order valence-electron chi connectivity index (χ1n) is 9.68. The average Bonchev–Trinajstić information content (AvgIpc) is 2.68. The lowest BCUT2D eigenvalue weighted by Gasteiger charge is -2.21. The smallest absolute Gasteiger partial charge is 0.345 e. The zero-order valence-electron chi connectivity index (χ0n) is 17.2. The molecule has 6 nitrogen and oxygen atoms in total. The summed E-state index contributed by atoms with van der Waals surface area (Å²) in [6.45, 7) is 7.76. The molecule has 0 radical (unpaired) electrons. The molecule has 0 fully saturated rings. The summed E-state index contributed by atoms with van der Waals surface area (Å²) < 4.78 is 0. The first kappa shape index (κ1) is 20.5. The molecule has 1 aromatic carbocycles. The monoisotopic (exact) mass is 390 g/mol. The molecule has 0 saturated carbocycles. The Bertz CT molecular complexity index is 1050. The molecule has 2 N–H and O–H groups in total. The number of aromatic amines is 1. The van der Waals surface area contributed by atoms with Crippen LogP contribution in [0.5, 0.6) is 0 Å². The normalized spacial score (nSPS) is 11.9.